The molecule has 7 heteroatoms. The molecule has 0 unspecified atom stereocenters. The van der Waals surface area contributed by atoms with Gasteiger partial charge in [-0.15, -0.1) is 0 Å². The van der Waals surface area contributed by atoms with Gasteiger partial charge in [-0.2, -0.15) is 0 Å². The lowest BCUT2D eigenvalue weighted by atomic mass is 10.1. The lowest BCUT2D eigenvalue weighted by molar-refractivity contribution is -0.385. The van der Waals surface area contributed by atoms with Gasteiger partial charge >= 0.3 is 0 Å². The van der Waals surface area contributed by atoms with Crippen molar-refractivity contribution in [3.05, 3.63) is 69.0 Å². The maximum Gasteiger partial charge on any atom is 0.276 e. The quantitative estimate of drug-likeness (QED) is 0.649. The number of hydrogen-bond donors (Lipinski definition) is 1. The third kappa shape index (κ3) is 4.07. The number of benzene rings is 2. The summed E-state index contributed by atoms with van der Waals surface area (Å²) in [4.78, 5) is 22.3. The molecule has 6 nitrogen and oxygen atoms in total. The number of nitrogens with one attached hydrogen (secondary N) is 1. The van der Waals surface area contributed by atoms with Crippen LogP contribution in [0.15, 0.2) is 36.4 Å². The van der Waals surface area contributed by atoms with E-state index in [0.29, 0.717) is 12.4 Å². The van der Waals surface area contributed by atoms with Crippen molar-refractivity contribution in [1.29, 1.82) is 0 Å². The van der Waals surface area contributed by atoms with Crippen molar-refractivity contribution in [2.45, 2.75) is 20.4 Å². The van der Waals surface area contributed by atoms with Crippen molar-refractivity contribution in [1.82, 2.24) is 5.32 Å². The van der Waals surface area contributed by atoms with Gasteiger partial charge in [-0.3, -0.25) is 14.9 Å². The van der Waals surface area contributed by atoms with Crippen LogP contribution in [0.4, 0.5) is 10.1 Å². The molecule has 0 saturated carbocycles. The highest BCUT2D eigenvalue weighted by Gasteiger charge is 2.19. The van der Waals surface area contributed by atoms with Gasteiger partial charge < -0.3 is 10.1 Å². The molecular weight excluding hydrogens is 315 g/mol. The van der Waals surface area contributed by atoms with Crippen LogP contribution >= 0.6 is 0 Å². The molecule has 0 atom stereocenters. The summed E-state index contributed by atoms with van der Waals surface area (Å²) in [6.45, 7) is 3.90. The monoisotopic (exact) mass is 332 g/mol. The normalized spacial score (nSPS) is 10.3. The Balaban J connectivity index is 2.13. The van der Waals surface area contributed by atoms with Crippen molar-refractivity contribution < 1.29 is 18.8 Å². The van der Waals surface area contributed by atoms with Crippen LogP contribution in [0.25, 0.3) is 0 Å². The molecule has 0 aliphatic carbocycles. The van der Waals surface area contributed by atoms with E-state index in [-0.39, 0.29) is 17.7 Å². The molecule has 0 aliphatic rings. The van der Waals surface area contributed by atoms with E-state index in [1.807, 2.05) is 6.92 Å². The summed E-state index contributed by atoms with van der Waals surface area (Å²) in [6, 6.07) is 9.25. The molecule has 1 amide bonds. The number of rotatable bonds is 6. The van der Waals surface area contributed by atoms with Gasteiger partial charge in [0.05, 0.1) is 17.1 Å². The topological polar surface area (TPSA) is 81.5 Å². The predicted octanol–water partition coefficient (Wildman–Crippen LogP) is 3.37. The van der Waals surface area contributed by atoms with E-state index in [9.17, 15) is 19.3 Å². The van der Waals surface area contributed by atoms with Crippen molar-refractivity contribution in [3.8, 4) is 5.75 Å². The fourth-order valence-corrected chi connectivity index (χ4v) is 2.18. The third-order valence-electron chi connectivity index (χ3n) is 3.44. The number of hydrogen-bond acceptors (Lipinski definition) is 4. The van der Waals surface area contributed by atoms with Crippen molar-refractivity contribution in [2.75, 3.05) is 6.61 Å². The van der Waals surface area contributed by atoms with Gasteiger partial charge in [0.25, 0.3) is 11.6 Å². The number of nitro groups is 1. The number of halogens is 1. The average Bonchev–Trinajstić information content (AvgIpc) is 2.55. The molecule has 0 aliphatic heterocycles. The minimum absolute atomic E-state index is 0.0919. The first-order chi connectivity index (χ1) is 11.4. The summed E-state index contributed by atoms with van der Waals surface area (Å²) in [6.07, 6.45) is 0. The molecule has 0 bridgehead atoms. The van der Waals surface area contributed by atoms with Crippen LogP contribution < -0.4 is 10.1 Å². The largest absolute Gasteiger partial charge is 0.494 e. The summed E-state index contributed by atoms with van der Waals surface area (Å²) in [7, 11) is 0. The van der Waals surface area contributed by atoms with Crippen LogP contribution in [0, 0.1) is 22.9 Å². The molecule has 0 saturated heterocycles. The van der Waals surface area contributed by atoms with Crippen molar-refractivity contribution in [2.24, 2.45) is 0 Å². The Hall–Kier alpha value is -2.96. The van der Waals surface area contributed by atoms with Gasteiger partial charge in [0.2, 0.25) is 0 Å². The minimum Gasteiger partial charge on any atom is -0.494 e. The Morgan fingerprint density at radius 1 is 1.33 bits per heavy atom. The van der Waals surface area contributed by atoms with Crippen LogP contribution in [-0.2, 0) is 6.54 Å². The number of carbonyl (C=O) groups is 1. The molecule has 1 N–H and O–H groups in total. The van der Waals surface area contributed by atoms with E-state index in [4.69, 9.17) is 4.74 Å². The molecule has 0 heterocycles. The summed E-state index contributed by atoms with van der Waals surface area (Å²) in [5, 5.41) is 13.5. The molecule has 2 aromatic carbocycles. The second-order valence-corrected chi connectivity index (χ2v) is 5.12. The van der Waals surface area contributed by atoms with Crippen LogP contribution in [-0.4, -0.2) is 17.4 Å². The first kappa shape index (κ1) is 17.4. The van der Waals surface area contributed by atoms with E-state index in [1.54, 1.807) is 24.3 Å². The Labute approximate surface area is 138 Å². The molecule has 0 fully saturated rings. The van der Waals surface area contributed by atoms with Crippen LogP contribution in [0.2, 0.25) is 0 Å². The van der Waals surface area contributed by atoms with Gasteiger partial charge in [-0.05, 0) is 37.6 Å². The third-order valence-corrected chi connectivity index (χ3v) is 3.44. The first-order valence-corrected chi connectivity index (χ1v) is 7.36. The highest BCUT2D eigenvalue weighted by Crippen LogP contribution is 2.23. The molecule has 2 aromatic rings. The maximum atomic E-state index is 13.8. The lowest BCUT2D eigenvalue weighted by Crippen LogP contribution is -2.23. The molecular formula is C17H17FN2O4. The van der Waals surface area contributed by atoms with E-state index in [0.717, 1.165) is 17.7 Å². The Morgan fingerprint density at radius 3 is 2.75 bits per heavy atom. The molecule has 0 aromatic heterocycles. The molecule has 24 heavy (non-hydrogen) atoms. The van der Waals surface area contributed by atoms with Crippen LogP contribution in [0.5, 0.6) is 5.75 Å². The Kier molecular flexibility index (Phi) is 5.47. The molecule has 0 spiro atoms. The van der Waals surface area contributed by atoms with Crippen LogP contribution in [0.1, 0.15) is 28.4 Å². The highest BCUT2D eigenvalue weighted by molar-refractivity contribution is 5.95. The van der Waals surface area contributed by atoms with Gasteiger partial charge in [0.15, 0.2) is 0 Å². The number of amides is 1. The minimum atomic E-state index is -0.785. The SMILES string of the molecule is CCOc1cccc(CNC(=O)c2cc(F)c(C)c([N+](=O)[O-])c2)c1. The van der Waals surface area contributed by atoms with E-state index in [1.165, 1.54) is 6.92 Å². The summed E-state index contributed by atoms with van der Waals surface area (Å²) in [5.74, 6) is -0.687. The van der Waals surface area contributed by atoms with Crippen molar-refractivity contribution >= 4 is 11.6 Å². The maximum absolute atomic E-state index is 13.8. The fraction of sp³-hybridized carbons (Fsp3) is 0.235. The smallest absolute Gasteiger partial charge is 0.276 e. The predicted molar refractivity (Wildman–Crippen MR) is 86.6 cm³/mol. The summed E-state index contributed by atoms with van der Waals surface area (Å²) >= 11 is 0. The Bertz CT molecular complexity index is 777. The van der Waals surface area contributed by atoms with Crippen LogP contribution in [0.3, 0.4) is 0 Å². The van der Waals surface area contributed by atoms with Crippen molar-refractivity contribution in [3.63, 3.8) is 0 Å². The highest BCUT2D eigenvalue weighted by atomic mass is 19.1. The zero-order chi connectivity index (χ0) is 17.7. The molecule has 0 radical (unpaired) electrons. The van der Waals surface area contributed by atoms with Gasteiger partial charge in [-0.25, -0.2) is 4.39 Å². The number of nitrogens with zero attached hydrogens (tertiary/aromatic N) is 1. The second-order valence-electron chi connectivity index (χ2n) is 5.12. The zero-order valence-corrected chi connectivity index (χ0v) is 13.3. The number of ether oxygens (including phenoxy) is 1. The first-order valence-electron chi connectivity index (χ1n) is 7.36. The fourth-order valence-electron chi connectivity index (χ4n) is 2.18. The van der Waals surface area contributed by atoms with Gasteiger partial charge in [0, 0.05) is 18.2 Å². The lowest BCUT2D eigenvalue weighted by Gasteiger charge is -2.09. The summed E-state index contributed by atoms with van der Waals surface area (Å²) in [5.41, 5.74) is 0.196. The van der Waals surface area contributed by atoms with Gasteiger partial charge in [0.1, 0.15) is 11.6 Å². The van der Waals surface area contributed by atoms with E-state index in [2.05, 4.69) is 5.32 Å². The number of carbonyl (C=O) groups excluding carboxylic acids is 1. The average molecular weight is 332 g/mol. The van der Waals surface area contributed by atoms with E-state index < -0.39 is 22.3 Å². The summed E-state index contributed by atoms with van der Waals surface area (Å²) < 4.78 is 19.1. The Morgan fingerprint density at radius 2 is 2.08 bits per heavy atom. The van der Waals surface area contributed by atoms with Gasteiger partial charge in [-0.1, -0.05) is 12.1 Å². The zero-order valence-electron chi connectivity index (χ0n) is 13.3. The standard InChI is InChI=1S/C17H17FN2O4/c1-3-24-14-6-4-5-12(7-14)10-19-17(21)13-8-15(18)11(2)16(9-13)20(22)23/h4-9H,3,10H2,1-2H3,(H,19,21). The number of nitro benzene ring substituents is 1. The molecule has 2 rings (SSSR count). The second kappa shape index (κ2) is 7.54. The van der Waals surface area contributed by atoms with E-state index >= 15 is 0 Å². The molecule has 126 valence electrons.